The van der Waals surface area contributed by atoms with E-state index >= 15 is 0 Å². The summed E-state index contributed by atoms with van der Waals surface area (Å²) in [5, 5.41) is 4.26. The van der Waals surface area contributed by atoms with Crippen LogP contribution in [0.15, 0.2) is 18.2 Å². The van der Waals surface area contributed by atoms with Gasteiger partial charge >= 0.3 is 0 Å². The molecule has 2 heterocycles. The molecule has 0 unspecified atom stereocenters. The molecule has 1 atom stereocenters. The van der Waals surface area contributed by atoms with Crippen LogP contribution in [0.25, 0.3) is 0 Å². The fourth-order valence-electron chi connectivity index (χ4n) is 3.35. The summed E-state index contributed by atoms with van der Waals surface area (Å²) in [4.78, 5) is 4.76. The number of benzene rings is 1. The molecule has 0 spiro atoms. The Morgan fingerprint density at radius 1 is 1.26 bits per heavy atom. The smallest absolute Gasteiger partial charge is 0.169 e. The number of anilines is 1. The molecule has 5 heteroatoms. The molecule has 0 amide bonds. The summed E-state index contributed by atoms with van der Waals surface area (Å²) in [6.07, 6.45) is 2.66. The lowest BCUT2D eigenvalue weighted by atomic mass is 10.1. The van der Waals surface area contributed by atoms with Crippen LogP contribution in [-0.4, -0.2) is 55.4 Å². The van der Waals surface area contributed by atoms with Crippen molar-refractivity contribution in [1.82, 2.24) is 10.2 Å². The lowest BCUT2D eigenvalue weighted by molar-refractivity contribution is 0.113. The Morgan fingerprint density at radius 3 is 2.74 bits per heavy atom. The van der Waals surface area contributed by atoms with Gasteiger partial charge in [-0.15, -0.1) is 0 Å². The Morgan fingerprint density at radius 2 is 2.04 bits per heavy atom. The minimum Gasteiger partial charge on any atom is -0.376 e. The van der Waals surface area contributed by atoms with Gasteiger partial charge in [0.05, 0.1) is 6.10 Å². The quantitative estimate of drug-likeness (QED) is 0.858. The number of rotatable bonds is 3. The molecule has 2 aliphatic heterocycles. The molecule has 1 N–H and O–H groups in total. The van der Waals surface area contributed by atoms with E-state index in [9.17, 15) is 0 Å². The Hall–Kier alpha value is -1.33. The largest absolute Gasteiger partial charge is 0.376 e. The molecular weight excluding hydrogens is 306 g/mol. The van der Waals surface area contributed by atoms with Crippen molar-refractivity contribution < 1.29 is 4.74 Å². The second-order valence-corrected chi connectivity index (χ2v) is 6.90. The predicted octanol–water partition coefficient (Wildman–Crippen LogP) is 2.48. The Bertz CT molecular complexity index is 549. The maximum atomic E-state index is 5.64. The third-order valence-electron chi connectivity index (χ3n) is 4.99. The highest BCUT2D eigenvalue weighted by molar-refractivity contribution is 7.80. The van der Waals surface area contributed by atoms with Crippen molar-refractivity contribution in [3.05, 3.63) is 29.3 Å². The molecule has 2 fully saturated rings. The molecule has 23 heavy (non-hydrogen) atoms. The van der Waals surface area contributed by atoms with E-state index in [1.807, 2.05) is 0 Å². The average Bonchev–Trinajstić information content (AvgIpc) is 3.09. The second-order valence-electron chi connectivity index (χ2n) is 6.51. The standard InChI is InChI=1S/C18H27N3OS/c1-14-5-3-7-17(15(14)2)20-8-10-21(11-9-20)18(23)19-13-16-6-4-12-22-16/h3,5,7,16H,4,6,8-13H2,1-2H3,(H,19,23)/t16-/m0/s1. The molecule has 2 saturated heterocycles. The first-order chi connectivity index (χ1) is 11.1. The fraction of sp³-hybridized carbons (Fsp3) is 0.611. The summed E-state index contributed by atoms with van der Waals surface area (Å²) in [6.45, 7) is 10.1. The summed E-state index contributed by atoms with van der Waals surface area (Å²) in [5.74, 6) is 0. The number of thiocarbonyl (C=S) groups is 1. The highest BCUT2D eigenvalue weighted by Crippen LogP contribution is 2.23. The lowest BCUT2D eigenvalue weighted by Crippen LogP contribution is -2.52. The number of ether oxygens (including phenoxy) is 1. The van der Waals surface area contributed by atoms with E-state index in [-0.39, 0.29) is 0 Å². The normalized spacial score (nSPS) is 21.6. The first kappa shape index (κ1) is 16.5. The number of nitrogens with one attached hydrogen (secondary N) is 1. The first-order valence-corrected chi connectivity index (χ1v) is 9.01. The zero-order valence-electron chi connectivity index (χ0n) is 14.2. The van der Waals surface area contributed by atoms with Crippen molar-refractivity contribution in [1.29, 1.82) is 0 Å². The molecule has 1 aromatic carbocycles. The van der Waals surface area contributed by atoms with Gasteiger partial charge in [-0.25, -0.2) is 0 Å². The van der Waals surface area contributed by atoms with Gasteiger partial charge < -0.3 is 19.9 Å². The van der Waals surface area contributed by atoms with Gasteiger partial charge in [0.25, 0.3) is 0 Å². The van der Waals surface area contributed by atoms with Gasteiger partial charge in [-0.3, -0.25) is 0 Å². The second kappa shape index (κ2) is 7.49. The maximum absolute atomic E-state index is 5.64. The monoisotopic (exact) mass is 333 g/mol. The van der Waals surface area contributed by atoms with Crippen LogP contribution in [-0.2, 0) is 4.74 Å². The van der Waals surface area contributed by atoms with E-state index in [1.54, 1.807) is 0 Å². The fourth-order valence-corrected chi connectivity index (χ4v) is 3.61. The van der Waals surface area contributed by atoms with Crippen LogP contribution in [0.5, 0.6) is 0 Å². The van der Waals surface area contributed by atoms with E-state index in [4.69, 9.17) is 17.0 Å². The Labute approximate surface area is 144 Å². The van der Waals surface area contributed by atoms with Gasteiger partial charge in [0.1, 0.15) is 0 Å². The minimum absolute atomic E-state index is 0.337. The predicted molar refractivity (Wildman–Crippen MR) is 99.3 cm³/mol. The van der Waals surface area contributed by atoms with Crippen LogP contribution in [0.4, 0.5) is 5.69 Å². The van der Waals surface area contributed by atoms with E-state index in [0.29, 0.717) is 6.10 Å². The third-order valence-corrected chi connectivity index (χ3v) is 5.39. The SMILES string of the molecule is Cc1cccc(N2CCN(C(=S)NC[C@@H]3CCCO3)CC2)c1C. The number of nitrogens with zero attached hydrogens (tertiary/aromatic N) is 2. The van der Waals surface area contributed by atoms with Crippen LogP contribution in [0, 0.1) is 13.8 Å². The molecule has 0 aromatic heterocycles. The minimum atomic E-state index is 0.337. The van der Waals surface area contributed by atoms with Crippen molar-refractivity contribution in [3.63, 3.8) is 0 Å². The lowest BCUT2D eigenvalue weighted by Gasteiger charge is -2.38. The van der Waals surface area contributed by atoms with Crippen molar-refractivity contribution >= 4 is 23.0 Å². The highest BCUT2D eigenvalue weighted by Gasteiger charge is 2.21. The highest BCUT2D eigenvalue weighted by atomic mass is 32.1. The number of hydrogen-bond acceptors (Lipinski definition) is 3. The van der Waals surface area contributed by atoms with Crippen molar-refractivity contribution in [3.8, 4) is 0 Å². The van der Waals surface area contributed by atoms with Crippen molar-refractivity contribution in [2.24, 2.45) is 0 Å². The number of piperazine rings is 1. The van der Waals surface area contributed by atoms with E-state index in [1.165, 1.54) is 23.2 Å². The summed E-state index contributed by atoms with van der Waals surface area (Å²) in [5.41, 5.74) is 4.11. The molecule has 126 valence electrons. The Kier molecular flexibility index (Phi) is 5.38. The zero-order valence-corrected chi connectivity index (χ0v) is 15.0. The van der Waals surface area contributed by atoms with Crippen LogP contribution in [0.1, 0.15) is 24.0 Å². The van der Waals surface area contributed by atoms with Gasteiger partial charge in [-0.2, -0.15) is 0 Å². The Balaban J connectivity index is 1.49. The van der Waals surface area contributed by atoms with E-state index in [2.05, 4.69) is 47.2 Å². The van der Waals surface area contributed by atoms with Gasteiger partial charge in [0.2, 0.25) is 0 Å². The molecule has 0 radical (unpaired) electrons. The van der Waals surface area contributed by atoms with Crippen LogP contribution >= 0.6 is 12.2 Å². The van der Waals surface area contributed by atoms with E-state index in [0.717, 1.165) is 50.9 Å². The van der Waals surface area contributed by atoms with Gasteiger partial charge in [-0.05, 0) is 56.1 Å². The summed E-state index contributed by atoms with van der Waals surface area (Å²) >= 11 is 5.55. The zero-order chi connectivity index (χ0) is 16.2. The number of aryl methyl sites for hydroxylation is 1. The summed E-state index contributed by atoms with van der Waals surface area (Å²) in [6, 6.07) is 6.56. The van der Waals surface area contributed by atoms with E-state index < -0.39 is 0 Å². The summed E-state index contributed by atoms with van der Waals surface area (Å²) < 4.78 is 5.64. The topological polar surface area (TPSA) is 27.7 Å². The summed E-state index contributed by atoms with van der Waals surface area (Å²) in [7, 11) is 0. The third kappa shape index (κ3) is 3.96. The molecule has 3 rings (SSSR count). The molecule has 1 aromatic rings. The van der Waals surface area contributed by atoms with Crippen molar-refractivity contribution in [2.45, 2.75) is 32.8 Å². The van der Waals surface area contributed by atoms with Crippen LogP contribution < -0.4 is 10.2 Å². The van der Waals surface area contributed by atoms with Gasteiger partial charge in [0, 0.05) is 45.0 Å². The number of hydrogen-bond donors (Lipinski definition) is 1. The molecule has 0 saturated carbocycles. The molecule has 2 aliphatic rings. The molecule has 0 bridgehead atoms. The van der Waals surface area contributed by atoms with Gasteiger partial charge in [0.15, 0.2) is 5.11 Å². The molecular formula is C18H27N3OS. The van der Waals surface area contributed by atoms with Gasteiger partial charge in [-0.1, -0.05) is 12.1 Å². The maximum Gasteiger partial charge on any atom is 0.169 e. The van der Waals surface area contributed by atoms with Crippen molar-refractivity contribution in [2.75, 3.05) is 44.2 Å². The first-order valence-electron chi connectivity index (χ1n) is 8.60. The molecule has 4 nitrogen and oxygen atoms in total. The van der Waals surface area contributed by atoms with Crippen LogP contribution in [0.3, 0.4) is 0 Å². The molecule has 0 aliphatic carbocycles. The van der Waals surface area contributed by atoms with Crippen LogP contribution in [0.2, 0.25) is 0 Å². The average molecular weight is 334 g/mol.